The van der Waals surface area contributed by atoms with Gasteiger partial charge in [-0.15, -0.1) is 11.3 Å². The van der Waals surface area contributed by atoms with Crippen LogP contribution in [0.4, 0.5) is 0 Å². The zero-order valence-electron chi connectivity index (χ0n) is 14.7. The standard InChI is InChI=1S/C24H14O2S2/c25-28(26)23-8-4-2-6-19(23)20-12-10-16(14-24(20)28)15-9-11-18-17-5-1-3-7-21(17)27-22(18)13-15/h1-14H. The molecule has 0 spiro atoms. The topological polar surface area (TPSA) is 34.1 Å². The first-order valence-corrected chi connectivity index (χ1v) is 11.3. The second-order valence-electron chi connectivity index (χ2n) is 7.02. The van der Waals surface area contributed by atoms with Gasteiger partial charge in [-0.2, -0.15) is 0 Å². The van der Waals surface area contributed by atoms with Gasteiger partial charge >= 0.3 is 0 Å². The quantitative estimate of drug-likeness (QED) is 0.315. The zero-order valence-corrected chi connectivity index (χ0v) is 16.3. The van der Waals surface area contributed by atoms with Crippen molar-refractivity contribution in [3.63, 3.8) is 0 Å². The highest BCUT2D eigenvalue weighted by molar-refractivity contribution is 7.92. The van der Waals surface area contributed by atoms with Crippen molar-refractivity contribution < 1.29 is 8.42 Å². The van der Waals surface area contributed by atoms with E-state index < -0.39 is 9.84 Å². The Morgan fingerprint density at radius 2 is 1.25 bits per heavy atom. The van der Waals surface area contributed by atoms with Crippen molar-refractivity contribution >= 4 is 41.3 Å². The summed E-state index contributed by atoms with van der Waals surface area (Å²) < 4.78 is 28.5. The molecule has 0 aliphatic carbocycles. The molecule has 1 aromatic heterocycles. The van der Waals surface area contributed by atoms with Crippen LogP contribution in [-0.2, 0) is 9.84 Å². The third kappa shape index (κ3) is 2.10. The second-order valence-corrected chi connectivity index (χ2v) is 9.99. The summed E-state index contributed by atoms with van der Waals surface area (Å²) in [4.78, 5) is 0.810. The number of hydrogen-bond donors (Lipinski definition) is 0. The number of fused-ring (bicyclic) bond motifs is 6. The lowest BCUT2D eigenvalue weighted by Gasteiger charge is -2.06. The van der Waals surface area contributed by atoms with Gasteiger partial charge in [-0.05, 0) is 35.4 Å². The van der Waals surface area contributed by atoms with Crippen LogP contribution in [0.3, 0.4) is 0 Å². The van der Waals surface area contributed by atoms with E-state index in [9.17, 15) is 8.42 Å². The predicted octanol–water partition coefficient (Wildman–Crippen LogP) is 6.53. The van der Waals surface area contributed by atoms with E-state index in [2.05, 4.69) is 42.5 Å². The summed E-state index contributed by atoms with van der Waals surface area (Å²) in [6.07, 6.45) is 0. The van der Waals surface area contributed by atoms with Gasteiger partial charge in [0.2, 0.25) is 9.84 Å². The molecule has 1 aliphatic rings. The highest BCUT2D eigenvalue weighted by Crippen LogP contribution is 2.45. The Morgan fingerprint density at radius 1 is 0.571 bits per heavy atom. The van der Waals surface area contributed by atoms with Gasteiger partial charge in [0.05, 0.1) is 9.79 Å². The van der Waals surface area contributed by atoms with Gasteiger partial charge in [0.25, 0.3) is 0 Å². The molecule has 0 N–H and O–H groups in total. The minimum Gasteiger partial charge on any atom is -0.218 e. The highest BCUT2D eigenvalue weighted by Gasteiger charge is 2.32. The fraction of sp³-hybridized carbons (Fsp3) is 0. The first-order valence-electron chi connectivity index (χ1n) is 9.03. The van der Waals surface area contributed by atoms with Gasteiger partial charge in [-0.1, -0.05) is 60.7 Å². The van der Waals surface area contributed by atoms with E-state index in [1.54, 1.807) is 23.5 Å². The minimum atomic E-state index is -3.46. The Balaban J connectivity index is 1.55. The van der Waals surface area contributed by atoms with Gasteiger partial charge in [0.1, 0.15) is 0 Å². The molecule has 134 valence electrons. The van der Waals surface area contributed by atoms with Gasteiger partial charge in [0.15, 0.2) is 0 Å². The molecule has 0 atom stereocenters. The molecule has 0 bridgehead atoms. The Labute approximate surface area is 166 Å². The lowest BCUT2D eigenvalue weighted by atomic mass is 9.99. The van der Waals surface area contributed by atoms with Crippen molar-refractivity contribution in [3.05, 3.63) is 84.9 Å². The van der Waals surface area contributed by atoms with Crippen LogP contribution >= 0.6 is 11.3 Å². The fourth-order valence-electron chi connectivity index (χ4n) is 4.09. The van der Waals surface area contributed by atoms with E-state index in [0.717, 1.165) is 22.3 Å². The van der Waals surface area contributed by atoms with Crippen molar-refractivity contribution in [1.29, 1.82) is 0 Å². The normalized spacial score (nSPS) is 14.3. The van der Waals surface area contributed by atoms with Crippen molar-refractivity contribution in [2.24, 2.45) is 0 Å². The SMILES string of the molecule is O=S1(=O)c2ccccc2-c2ccc(-c3ccc4c(c3)sc3ccccc34)cc21. The molecular formula is C24H14O2S2. The average Bonchev–Trinajstić information content (AvgIpc) is 3.21. The highest BCUT2D eigenvalue weighted by atomic mass is 32.2. The van der Waals surface area contributed by atoms with E-state index >= 15 is 0 Å². The lowest BCUT2D eigenvalue weighted by molar-refractivity contribution is 0.598. The molecule has 2 heterocycles. The molecule has 1 aliphatic heterocycles. The average molecular weight is 399 g/mol. The van der Waals surface area contributed by atoms with Crippen LogP contribution in [0.2, 0.25) is 0 Å². The molecule has 2 nitrogen and oxygen atoms in total. The van der Waals surface area contributed by atoms with Gasteiger partial charge < -0.3 is 0 Å². The Kier molecular flexibility index (Phi) is 3.17. The second kappa shape index (κ2) is 5.53. The minimum absolute atomic E-state index is 0.405. The molecule has 6 rings (SSSR count). The van der Waals surface area contributed by atoms with E-state index in [-0.39, 0.29) is 0 Å². The Hall–Kier alpha value is -2.95. The van der Waals surface area contributed by atoms with Crippen LogP contribution in [-0.4, -0.2) is 8.42 Å². The van der Waals surface area contributed by atoms with Crippen LogP contribution in [0.15, 0.2) is 94.7 Å². The number of thiophene rings is 1. The van der Waals surface area contributed by atoms with Gasteiger partial charge in [-0.25, -0.2) is 8.42 Å². The molecular weight excluding hydrogens is 384 g/mol. The molecule has 0 saturated heterocycles. The molecule has 4 heteroatoms. The fourth-order valence-corrected chi connectivity index (χ4v) is 6.95. The predicted molar refractivity (Wildman–Crippen MR) is 116 cm³/mol. The van der Waals surface area contributed by atoms with Crippen LogP contribution in [0.5, 0.6) is 0 Å². The maximum absolute atomic E-state index is 13.0. The van der Waals surface area contributed by atoms with Gasteiger partial charge in [0, 0.05) is 31.3 Å². The smallest absolute Gasteiger partial charge is 0.207 e. The van der Waals surface area contributed by atoms with Gasteiger partial charge in [-0.3, -0.25) is 0 Å². The summed E-state index contributed by atoms with van der Waals surface area (Å²) in [5.41, 5.74) is 3.55. The van der Waals surface area contributed by atoms with E-state index in [1.165, 1.54) is 20.2 Å². The van der Waals surface area contributed by atoms with Crippen molar-refractivity contribution in [2.45, 2.75) is 9.79 Å². The molecule has 0 fully saturated rings. The largest absolute Gasteiger partial charge is 0.218 e. The Morgan fingerprint density at radius 3 is 2.18 bits per heavy atom. The molecule has 0 radical (unpaired) electrons. The number of hydrogen-bond acceptors (Lipinski definition) is 3. The molecule has 0 amide bonds. The maximum Gasteiger partial charge on any atom is 0.207 e. The third-order valence-electron chi connectivity index (χ3n) is 5.45. The zero-order chi connectivity index (χ0) is 18.9. The lowest BCUT2D eigenvalue weighted by Crippen LogP contribution is -1.96. The summed E-state index contributed by atoms with van der Waals surface area (Å²) in [6.45, 7) is 0. The summed E-state index contributed by atoms with van der Waals surface area (Å²) in [6, 6.07) is 27.8. The summed E-state index contributed by atoms with van der Waals surface area (Å²) >= 11 is 1.77. The molecule has 5 aromatic rings. The van der Waals surface area contributed by atoms with Crippen molar-refractivity contribution in [2.75, 3.05) is 0 Å². The molecule has 0 saturated carbocycles. The van der Waals surface area contributed by atoms with Crippen LogP contribution < -0.4 is 0 Å². The number of sulfone groups is 1. The van der Waals surface area contributed by atoms with E-state index in [1.807, 2.05) is 30.3 Å². The van der Waals surface area contributed by atoms with Crippen LogP contribution in [0, 0.1) is 0 Å². The van der Waals surface area contributed by atoms with E-state index in [0.29, 0.717) is 9.79 Å². The van der Waals surface area contributed by atoms with E-state index in [4.69, 9.17) is 0 Å². The molecule has 4 aromatic carbocycles. The van der Waals surface area contributed by atoms with Crippen LogP contribution in [0.1, 0.15) is 0 Å². The van der Waals surface area contributed by atoms with Crippen molar-refractivity contribution in [3.8, 4) is 22.3 Å². The number of benzene rings is 4. The summed E-state index contributed by atoms with van der Waals surface area (Å²) in [5, 5.41) is 2.51. The first-order chi connectivity index (χ1) is 13.6. The molecule has 28 heavy (non-hydrogen) atoms. The third-order valence-corrected chi connectivity index (χ3v) is 8.44. The first kappa shape index (κ1) is 16.0. The maximum atomic E-state index is 13.0. The Bertz CT molecular complexity index is 1530. The number of rotatable bonds is 1. The van der Waals surface area contributed by atoms with Crippen molar-refractivity contribution in [1.82, 2.24) is 0 Å². The summed E-state index contributed by atoms with van der Waals surface area (Å²) in [5.74, 6) is 0. The monoisotopic (exact) mass is 398 g/mol. The summed E-state index contributed by atoms with van der Waals surface area (Å²) in [7, 11) is -3.46. The van der Waals surface area contributed by atoms with Crippen LogP contribution in [0.25, 0.3) is 42.4 Å². The molecule has 0 unspecified atom stereocenters.